The van der Waals surface area contributed by atoms with Gasteiger partial charge in [-0.15, -0.1) is 0 Å². The fraction of sp³-hybridized carbons (Fsp3) is 0.536. The predicted molar refractivity (Wildman–Crippen MR) is 146 cm³/mol. The van der Waals surface area contributed by atoms with Crippen molar-refractivity contribution in [1.82, 2.24) is 9.88 Å². The van der Waals surface area contributed by atoms with E-state index in [1.54, 1.807) is 6.20 Å². The number of amides is 1. The maximum absolute atomic E-state index is 14.2. The van der Waals surface area contributed by atoms with Gasteiger partial charge in [0.15, 0.2) is 0 Å². The first-order valence-corrected chi connectivity index (χ1v) is 13.7. The van der Waals surface area contributed by atoms with Crippen LogP contribution in [-0.4, -0.2) is 64.5 Å². The second-order valence-corrected chi connectivity index (χ2v) is 11.3. The molecule has 194 valence electrons. The summed E-state index contributed by atoms with van der Waals surface area (Å²) in [6, 6.07) is 10.0. The number of benzene rings is 1. The second kappa shape index (κ2) is 11.0. The highest BCUT2D eigenvalue weighted by Gasteiger charge is 2.47. The van der Waals surface area contributed by atoms with Gasteiger partial charge in [0.2, 0.25) is 0 Å². The molecule has 1 aromatic carbocycles. The minimum Gasteiger partial charge on any atom is -0.632 e. The van der Waals surface area contributed by atoms with Crippen molar-refractivity contribution in [2.75, 3.05) is 32.8 Å². The molecule has 2 aromatic rings. The van der Waals surface area contributed by atoms with Crippen LogP contribution >= 0.6 is 15.9 Å². The average molecular weight is 558 g/mol. The molecular formula is C28H37BrN4O3. The number of likely N-dealkylation sites (tertiary alicyclic amines) is 2. The van der Waals surface area contributed by atoms with E-state index < -0.39 is 5.54 Å². The fourth-order valence-electron chi connectivity index (χ4n) is 5.69. The Morgan fingerprint density at radius 1 is 1.19 bits per heavy atom. The Bertz CT molecular complexity index is 1080. The van der Waals surface area contributed by atoms with Crippen LogP contribution in [0, 0.1) is 25.0 Å². The van der Waals surface area contributed by atoms with E-state index in [9.17, 15) is 10.0 Å². The van der Waals surface area contributed by atoms with E-state index in [4.69, 9.17) is 4.84 Å². The lowest BCUT2D eigenvalue weighted by Gasteiger charge is -2.60. The molecule has 1 amide bonds. The quantitative estimate of drug-likeness (QED) is 0.200. The number of pyridine rings is 1. The lowest BCUT2D eigenvalue weighted by molar-refractivity contribution is -0.937. The number of carbonyl (C=O) groups excluding carboxylic acids is 1. The molecule has 36 heavy (non-hydrogen) atoms. The Morgan fingerprint density at radius 3 is 2.42 bits per heavy atom. The lowest BCUT2D eigenvalue weighted by atomic mass is 9.81. The smallest absolute Gasteiger partial charge is 0.255 e. The molecule has 0 radical (unpaired) electrons. The number of hydrogen-bond acceptors (Lipinski definition) is 5. The van der Waals surface area contributed by atoms with Gasteiger partial charge in [-0.2, -0.15) is 0 Å². The average Bonchev–Trinajstić information content (AvgIpc) is 2.86. The molecule has 2 aliphatic rings. The van der Waals surface area contributed by atoms with Crippen molar-refractivity contribution in [3.05, 3.63) is 68.6 Å². The van der Waals surface area contributed by atoms with Crippen molar-refractivity contribution < 1.29 is 14.3 Å². The van der Waals surface area contributed by atoms with Gasteiger partial charge in [0.05, 0.1) is 35.6 Å². The lowest BCUT2D eigenvalue weighted by Crippen LogP contribution is -2.65. The molecule has 0 aliphatic carbocycles. The van der Waals surface area contributed by atoms with Crippen molar-refractivity contribution in [1.29, 1.82) is 0 Å². The zero-order chi connectivity index (χ0) is 25.9. The number of halogens is 1. The Balaban J connectivity index is 1.42. The van der Waals surface area contributed by atoms with Crippen LogP contribution in [-0.2, 0) is 4.84 Å². The number of carbonyl (C=O) groups is 1. The van der Waals surface area contributed by atoms with Crippen molar-refractivity contribution in [2.24, 2.45) is 11.1 Å². The maximum atomic E-state index is 14.2. The number of aryl methyl sites for hydroxylation is 2. The van der Waals surface area contributed by atoms with E-state index in [1.165, 1.54) is 0 Å². The summed E-state index contributed by atoms with van der Waals surface area (Å²) in [6.07, 6.45) is 4.70. The van der Waals surface area contributed by atoms with Crippen LogP contribution < -0.4 is 0 Å². The molecule has 3 heterocycles. The van der Waals surface area contributed by atoms with Crippen LogP contribution in [0.4, 0.5) is 0 Å². The predicted octanol–water partition coefficient (Wildman–Crippen LogP) is 5.62. The van der Waals surface area contributed by atoms with Gasteiger partial charge in [-0.25, -0.2) is 0 Å². The third-order valence-corrected chi connectivity index (χ3v) is 8.70. The molecule has 2 aliphatic heterocycles. The zero-order valence-corrected chi connectivity index (χ0v) is 23.4. The van der Waals surface area contributed by atoms with Gasteiger partial charge in [-0.3, -0.25) is 9.78 Å². The highest BCUT2D eigenvalue weighted by molar-refractivity contribution is 9.10. The summed E-state index contributed by atoms with van der Waals surface area (Å²) in [5, 5.41) is 18.6. The SMILES string of the molecule is CCON=C(c1ccc(Br)cc1)C1CC[N+]([O-])(C2(C)CCN(C(=O)c3c(C)ccnc3C)CC2)CC1. The van der Waals surface area contributed by atoms with Gasteiger partial charge < -0.3 is 19.6 Å². The summed E-state index contributed by atoms with van der Waals surface area (Å²) in [5.74, 6) is 0.224. The van der Waals surface area contributed by atoms with Crippen LogP contribution in [0.25, 0.3) is 0 Å². The molecule has 0 unspecified atom stereocenters. The van der Waals surface area contributed by atoms with E-state index in [0.717, 1.165) is 39.8 Å². The van der Waals surface area contributed by atoms with Crippen molar-refractivity contribution in [2.45, 2.75) is 58.9 Å². The molecule has 7 nitrogen and oxygen atoms in total. The van der Waals surface area contributed by atoms with Crippen molar-refractivity contribution in [3.63, 3.8) is 0 Å². The molecule has 2 saturated heterocycles. The minimum absolute atomic E-state index is 0.0302. The summed E-state index contributed by atoms with van der Waals surface area (Å²) >= 11 is 3.50. The Labute approximate surface area is 222 Å². The van der Waals surface area contributed by atoms with Crippen LogP contribution in [0.15, 0.2) is 46.2 Å². The van der Waals surface area contributed by atoms with Gasteiger partial charge in [0.1, 0.15) is 6.61 Å². The highest BCUT2D eigenvalue weighted by atomic mass is 79.9. The molecule has 4 rings (SSSR count). The topological polar surface area (TPSA) is 77.9 Å². The molecule has 1 aromatic heterocycles. The summed E-state index contributed by atoms with van der Waals surface area (Å²) in [5.41, 5.74) is 3.99. The van der Waals surface area contributed by atoms with Gasteiger partial charge in [0, 0.05) is 55.4 Å². The van der Waals surface area contributed by atoms with Crippen LogP contribution in [0.1, 0.15) is 66.7 Å². The van der Waals surface area contributed by atoms with Crippen molar-refractivity contribution >= 4 is 27.5 Å². The van der Waals surface area contributed by atoms with E-state index in [1.807, 2.05) is 43.9 Å². The summed E-state index contributed by atoms with van der Waals surface area (Å²) in [6.45, 7) is 10.7. The van der Waals surface area contributed by atoms with Crippen LogP contribution in [0.2, 0.25) is 0 Å². The number of rotatable bonds is 6. The standard InChI is InChI=1S/C28H37BrN4O3/c1-5-36-31-26(22-6-8-24(29)9-7-22)23-11-18-33(35,19-12-23)28(4)13-16-32(17-14-28)27(34)25-20(2)10-15-30-21(25)3/h6-10,15,23H,5,11-14,16-19H2,1-4H3. The third kappa shape index (κ3) is 5.36. The Hall–Kier alpha value is -2.29. The minimum atomic E-state index is -0.393. The highest BCUT2D eigenvalue weighted by Crippen LogP contribution is 2.40. The van der Waals surface area contributed by atoms with Gasteiger partial charge in [0.25, 0.3) is 5.91 Å². The Kier molecular flexibility index (Phi) is 8.17. The van der Waals surface area contributed by atoms with Gasteiger partial charge >= 0.3 is 0 Å². The molecule has 0 spiro atoms. The molecule has 0 N–H and O–H groups in total. The zero-order valence-electron chi connectivity index (χ0n) is 21.8. The maximum Gasteiger partial charge on any atom is 0.255 e. The summed E-state index contributed by atoms with van der Waals surface area (Å²) < 4.78 is 0.825. The molecule has 0 bridgehead atoms. The number of nitrogens with zero attached hydrogens (tertiary/aromatic N) is 4. The second-order valence-electron chi connectivity index (χ2n) is 10.4. The van der Waals surface area contributed by atoms with Crippen molar-refractivity contribution in [3.8, 4) is 0 Å². The number of hydroxylamine groups is 3. The van der Waals surface area contributed by atoms with Gasteiger partial charge in [-0.1, -0.05) is 33.2 Å². The molecule has 2 fully saturated rings. The largest absolute Gasteiger partial charge is 0.632 e. The molecule has 0 saturated carbocycles. The number of oxime groups is 1. The fourth-order valence-corrected chi connectivity index (χ4v) is 5.95. The van der Waals surface area contributed by atoms with E-state index in [2.05, 4.69) is 45.1 Å². The van der Waals surface area contributed by atoms with E-state index in [0.29, 0.717) is 51.2 Å². The third-order valence-electron chi connectivity index (χ3n) is 8.17. The first-order valence-electron chi connectivity index (χ1n) is 12.9. The molecule has 8 heteroatoms. The first kappa shape index (κ1) is 26.8. The van der Waals surface area contributed by atoms with Gasteiger partial charge in [-0.05, 0) is 57.0 Å². The first-order chi connectivity index (χ1) is 17.2. The number of piperidine rings is 2. The molecule has 0 atom stereocenters. The van der Waals surface area contributed by atoms with E-state index >= 15 is 0 Å². The van der Waals surface area contributed by atoms with E-state index in [-0.39, 0.29) is 16.5 Å². The van der Waals surface area contributed by atoms with Crippen LogP contribution in [0.5, 0.6) is 0 Å². The summed E-state index contributed by atoms with van der Waals surface area (Å²) in [7, 11) is 0. The normalized spacial score (nSPS) is 24.4. The monoisotopic (exact) mass is 556 g/mol. The number of hydrogen-bond donors (Lipinski definition) is 0. The van der Waals surface area contributed by atoms with Crippen LogP contribution in [0.3, 0.4) is 0 Å². The number of quaternary nitrogens is 1. The summed E-state index contributed by atoms with van der Waals surface area (Å²) in [4.78, 5) is 24.9. The molecular weight excluding hydrogens is 520 g/mol. The number of aromatic nitrogens is 1. The Morgan fingerprint density at radius 2 is 1.83 bits per heavy atom.